The number of ether oxygens (including phenoxy) is 1. The summed E-state index contributed by atoms with van der Waals surface area (Å²) in [7, 11) is 0. The molecule has 2 aliphatic rings. The van der Waals surface area contributed by atoms with Crippen LogP contribution in [0.15, 0.2) is 10.5 Å². The zero-order valence-electron chi connectivity index (χ0n) is 16.3. The molecule has 1 aromatic rings. The van der Waals surface area contributed by atoms with Gasteiger partial charge in [-0.15, -0.1) is 0 Å². The molecule has 4 atom stereocenters. The molecule has 0 aromatic heterocycles. The maximum atomic E-state index is 13.1. The van der Waals surface area contributed by atoms with Crippen LogP contribution in [0.25, 0.3) is 0 Å². The van der Waals surface area contributed by atoms with E-state index >= 15 is 0 Å². The van der Waals surface area contributed by atoms with Crippen LogP contribution in [0.1, 0.15) is 67.9 Å². The lowest BCUT2D eigenvalue weighted by Gasteiger charge is -2.38. The molecule has 0 radical (unpaired) electrons. The first-order valence-electron chi connectivity index (χ1n) is 9.28. The minimum absolute atomic E-state index is 0.0518. The maximum Gasteiger partial charge on any atom is 0.303 e. The average molecular weight is 437 g/mol. The van der Waals surface area contributed by atoms with Crippen LogP contribution in [0.3, 0.4) is 0 Å². The van der Waals surface area contributed by atoms with Crippen LogP contribution in [0.5, 0.6) is 5.75 Å². The Labute approximate surface area is 167 Å². The smallest absolute Gasteiger partial charge is 0.303 e. The third-order valence-corrected chi connectivity index (χ3v) is 7.37. The number of phenolic OH excluding ortho intramolecular Hbond substituents is 1. The topological polar surface area (TPSA) is 80.7 Å². The molecule has 1 aromatic carbocycles. The number of carbonyl (C=O) groups excluding carboxylic acids is 3. The molecule has 1 N–H and O–H groups in total. The Balaban J connectivity index is 2.35. The summed E-state index contributed by atoms with van der Waals surface area (Å²) in [5, 5.41) is 10.7. The second-order valence-corrected chi connectivity index (χ2v) is 9.23. The highest BCUT2D eigenvalue weighted by atomic mass is 79.9. The lowest BCUT2D eigenvalue weighted by Crippen LogP contribution is -2.45. The molecule has 0 amide bonds. The summed E-state index contributed by atoms with van der Waals surface area (Å²) in [6.45, 7) is 9.28. The normalized spacial score (nSPS) is 30.1. The molecule has 2 aliphatic carbocycles. The van der Waals surface area contributed by atoms with Gasteiger partial charge in [-0.3, -0.25) is 14.4 Å². The molecule has 0 unspecified atom stereocenters. The van der Waals surface area contributed by atoms with Crippen molar-refractivity contribution >= 4 is 33.5 Å². The van der Waals surface area contributed by atoms with Crippen molar-refractivity contribution in [1.82, 2.24) is 0 Å². The summed E-state index contributed by atoms with van der Waals surface area (Å²) in [6.07, 6.45) is 0.405. The van der Waals surface area contributed by atoms with E-state index in [9.17, 15) is 19.5 Å². The highest BCUT2D eigenvalue weighted by Crippen LogP contribution is 2.60. The van der Waals surface area contributed by atoms with E-state index in [1.807, 2.05) is 19.9 Å². The van der Waals surface area contributed by atoms with Crippen LogP contribution in [0.4, 0.5) is 0 Å². The Morgan fingerprint density at radius 3 is 2.56 bits per heavy atom. The fraction of sp³-hybridized carbons (Fsp3) is 0.571. The number of Topliss-reactive ketones (excluding diaryl/α,β-unsaturated/α-hetero) is 2. The predicted molar refractivity (Wildman–Crippen MR) is 104 cm³/mol. The molecule has 0 heterocycles. The number of hydrogen-bond acceptors (Lipinski definition) is 5. The van der Waals surface area contributed by atoms with Gasteiger partial charge < -0.3 is 9.84 Å². The Hall–Kier alpha value is -1.69. The summed E-state index contributed by atoms with van der Waals surface area (Å²) in [5.41, 5.74) is 0.857. The van der Waals surface area contributed by atoms with Gasteiger partial charge in [0.2, 0.25) is 11.6 Å². The Morgan fingerprint density at radius 1 is 1.37 bits per heavy atom. The number of esters is 1. The van der Waals surface area contributed by atoms with Crippen LogP contribution in [0.2, 0.25) is 0 Å². The lowest BCUT2D eigenvalue weighted by molar-refractivity contribution is -0.159. The van der Waals surface area contributed by atoms with Gasteiger partial charge in [0.25, 0.3) is 0 Å². The van der Waals surface area contributed by atoms with Crippen molar-refractivity contribution in [2.45, 2.75) is 59.5 Å². The number of rotatable bonds is 2. The quantitative estimate of drug-likeness (QED) is 0.551. The number of aromatic hydroxyl groups is 1. The zero-order valence-corrected chi connectivity index (χ0v) is 17.8. The van der Waals surface area contributed by atoms with E-state index in [-0.39, 0.29) is 23.1 Å². The van der Waals surface area contributed by atoms with Gasteiger partial charge in [-0.1, -0.05) is 26.8 Å². The van der Waals surface area contributed by atoms with E-state index in [0.29, 0.717) is 22.4 Å². The number of fused-ring (bicyclic) bond motifs is 3. The van der Waals surface area contributed by atoms with Gasteiger partial charge in [-0.25, -0.2) is 0 Å². The Kier molecular flexibility index (Phi) is 5.00. The number of benzene rings is 1. The number of halogens is 1. The number of ketones is 2. The first-order chi connectivity index (χ1) is 12.5. The summed E-state index contributed by atoms with van der Waals surface area (Å²) in [5.74, 6) is -1.96. The Bertz CT molecular complexity index is 843. The maximum absolute atomic E-state index is 13.1. The van der Waals surface area contributed by atoms with Crippen molar-refractivity contribution < 1.29 is 24.2 Å². The van der Waals surface area contributed by atoms with Crippen LogP contribution >= 0.6 is 15.9 Å². The first kappa shape index (κ1) is 20.1. The van der Waals surface area contributed by atoms with E-state index in [2.05, 4.69) is 29.8 Å². The van der Waals surface area contributed by atoms with Crippen LogP contribution < -0.4 is 0 Å². The molecule has 1 fully saturated rings. The highest BCUT2D eigenvalue weighted by molar-refractivity contribution is 9.10. The molecule has 27 heavy (non-hydrogen) atoms. The molecule has 6 heteroatoms. The molecule has 0 bridgehead atoms. The molecule has 3 rings (SSSR count). The highest BCUT2D eigenvalue weighted by Gasteiger charge is 2.59. The van der Waals surface area contributed by atoms with Crippen molar-refractivity contribution in [3.05, 3.63) is 27.2 Å². The fourth-order valence-corrected chi connectivity index (χ4v) is 5.38. The summed E-state index contributed by atoms with van der Waals surface area (Å²) in [6, 6.07) is 1.89. The van der Waals surface area contributed by atoms with Gasteiger partial charge in [0.15, 0.2) is 6.10 Å². The van der Waals surface area contributed by atoms with Gasteiger partial charge in [0, 0.05) is 12.3 Å². The van der Waals surface area contributed by atoms with Gasteiger partial charge in [-0.05, 0) is 64.6 Å². The predicted octanol–water partition coefficient (Wildman–Crippen LogP) is 4.32. The van der Waals surface area contributed by atoms with Crippen molar-refractivity contribution in [2.24, 2.45) is 17.3 Å². The zero-order chi connectivity index (χ0) is 20.3. The van der Waals surface area contributed by atoms with Gasteiger partial charge in [-0.2, -0.15) is 0 Å². The summed E-state index contributed by atoms with van der Waals surface area (Å²) in [4.78, 5) is 37.8. The fourth-order valence-electron chi connectivity index (χ4n) is 5.07. The molecule has 0 spiro atoms. The van der Waals surface area contributed by atoms with Gasteiger partial charge in [0.1, 0.15) is 5.75 Å². The third-order valence-electron chi connectivity index (χ3n) is 6.37. The number of phenols is 1. The Morgan fingerprint density at radius 2 is 2.00 bits per heavy atom. The minimum Gasteiger partial charge on any atom is -0.506 e. The number of aryl methyl sites for hydroxylation is 1. The summed E-state index contributed by atoms with van der Waals surface area (Å²) < 4.78 is 5.84. The monoisotopic (exact) mass is 436 g/mol. The first-order valence-corrected chi connectivity index (χ1v) is 10.1. The second-order valence-electron chi connectivity index (χ2n) is 8.43. The number of hydrogen-bond donors (Lipinski definition) is 1. The van der Waals surface area contributed by atoms with Crippen molar-refractivity contribution in [3.63, 3.8) is 0 Å². The molecule has 0 aliphatic heterocycles. The molecular weight excluding hydrogens is 412 g/mol. The number of carbonyl (C=O) groups is 3. The molecule has 1 saturated carbocycles. The van der Waals surface area contributed by atoms with Crippen molar-refractivity contribution in [2.75, 3.05) is 0 Å². The van der Waals surface area contributed by atoms with E-state index in [1.165, 1.54) is 6.92 Å². The van der Waals surface area contributed by atoms with Crippen LogP contribution in [-0.2, 0) is 14.3 Å². The van der Waals surface area contributed by atoms with Crippen LogP contribution in [-0.4, -0.2) is 28.7 Å². The lowest BCUT2D eigenvalue weighted by atomic mass is 9.67. The molecule has 146 valence electrons. The van der Waals surface area contributed by atoms with Gasteiger partial charge in [0.05, 0.1) is 10.0 Å². The largest absolute Gasteiger partial charge is 0.506 e. The molecule has 0 saturated heterocycles. The second kappa shape index (κ2) is 6.73. The van der Waals surface area contributed by atoms with E-state index in [1.54, 1.807) is 0 Å². The molecular formula is C21H25BrO5. The van der Waals surface area contributed by atoms with Crippen molar-refractivity contribution in [1.29, 1.82) is 0 Å². The van der Waals surface area contributed by atoms with Crippen molar-refractivity contribution in [3.8, 4) is 5.75 Å². The minimum atomic E-state index is -1.14. The summed E-state index contributed by atoms with van der Waals surface area (Å²) >= 11 is 3.32. The standard InChI is InChI=1S/C21H25BrO5/c1-9(2)12-6-7-21(5)15(12)13-8-10(3)16(22)17(24)14(13)18(25)19(26)20(21)27-11(4)23/h8-9,12,15,20,24H,6-7H2,1-5H3/t12-,15-,20+,21-/m1/s1. The van der Waals surface area contributed by atoms with Gasteiger partial charge >= 0.3 is 5.97 Å². The van der Waals surface area contributed by atoms with E-state index in [0.717, 1.165) is 12.0 Å². The van der Waals surface area contributed by atoms with Crippen LogP contribution in [0, 0.1) is 24.2 Å². The molecule has 5 nitrogen and oxygen atoms in total. The third kappa shape index (κ3) is 2.93. The van der Waals surface area contributed by atoms with E-state index < -0.39 is 29.1 Å². The van der Waals surface area contributed by atoms with E-state index in [4.69, 9.17) is 4.74 Å². The average Bonchev–Trinajstić information content (AvgIpc) is 2.91. The SMILES string of the molecule is CC(=O)O[C@H]1C(=O)C(=O)c2c(cc(C)c(Br)c2O)[C@H]2[C@@H](C(C)C)CC[C@@]12C.